The van der Waals surface area contributed by atoms with Crippen molar-refractivity contribution in [1.82, 2.24) is 19.8 Å². The number of carbonyl (C=O) groups is 1. The number of rotatable bonds is 5. The first kappa shape index (κ1) is 20.2. The van der Waals surface area contributed by atoms with Gasteiger partial charge in [0.05, 0.1) is 6.54 Å². The van der Waals surface area contributed by atoms with Crippen LogP contribution < -0.4 is 10.3 Å². The molecule has 8 nitrogen and oxygen atoms in total. The zero-order valence-corrected chi connectivity index (χ0v) is 17.2. The lowest BCUT2D eigenvalue weighted by molar-refractivity contribution is -0.135. The Hall–Kier alpha value is -3.72. The largest absolute Gasteiger partial charge is 0.484 e. The van der Waals surface area contributed by atoms with Gasteiger partial charge in [-0.25, -0.2) is 9.37 Å². The second-order valence-electron chi connectivity index (χ2n) is 7.69. The topological polar surface area (TPSA) is 91.7 Å². The molecule has 0 aliphatic carbocycles. The van der Waals surface area contributed by atoms with Crippen LogP contribution in [-0.2, 0) is 11.3 Å². The summed E-state index contributed by atoms with van der Waals surface area (Å²) >= 11 is 0. The zero-order valence-electron chi connectivity index (χ0n) is 17.2. The molecular weight excluding hydrogens is 415 g/mol. The smallest absolute Gasteiger partial charge is 0.294 e. The first-order valence-corrected chi connectivity index (χ1v) is 10.4. The fourth-order valence-corrected chi connectivity index (χ4v) is 3.86. The third kappa shape index (κ3) is 4.06. The van der Waals surface area contributed by atoms with Crippen molar-refractivity contribution in [2.24, 2.45) is 0 Å². The van der Waals surface area contributed by atoms with Crippen molar-refractivity contribution in [3.8, 4) is 5.75 Å². The molecule has 32 heavy (non-hydrogen) atoms. The Morgan fingerprint density at radius 3 is 2.62 bits per heavy atom. The number of piperazine rings is 1. The highest BCUT2D eigenvalue weighted by molar-refractivity contribution is 6.01. The van der Waals surface area contributed by atoms with Gasteiger partial charge in [0.15, 0.2) is 6.61 Å². The minimum absolute atomic E-state index is 0.0925. The van der Waals surface area contributed by atoms with Crippen molar-refractivity contribution in [2.45, 2.75) is 6.54 Å². The molecule has 2 aromatic heterocycles. The Balaban J connectivity index is 1.20. The van der Waals surface area contributed by atoms with Gasteiger partial charge in [0.2, 0.25) is 5.58 Å². The van der Waals surface area contributed by atoms with E-state index in [1.54, 1.807) is 4.90 Å². The third-order valence-electron chi connectivity index (χ3n) is 5.55. The standard InChI is InChI=1S/C23H21FN4O4/c24-15-5-7-16(8-6-15)31-14-20(29)28-11-9-27(10-12-28)13-19-25-21-17-3-1-2-4-18(17)32-22(21)23(30)26-19/h1-8H,9-14H2,(H,25,26,30). The van der Waals surface area contributed by atoms with Crippen LogP contribution in [0.3, 0.4) is 0 Å². The summed E-state index contributed by atoms with van der Waals surface area (Å²) in [6.45, 7) is 2.77. The van der Waals surface area contributed by atoms with Gasteiger partial charge >= 0.3 is 0 Å². The van der Waals surface area contributed by atoms with Crippen LogP contribution in [0.1, 0.15) is 5.82 Å². The summed E-state index contributed by atoms with van der Waals surface area (Å²) in [5, 5.41) is 0.812. The van der Waals surface area contributed by atoms with Gasteiger partial charge in [0, 0.05) is 31.6 Å². The maximum Gasteiger partial charge on any atom is 0.294 e. The van der Waals surface area contributed by atoms with E-state index < -0.39 is 0 Å². The molecule has 0 unspecified atom stereocenters. The maximum atomic E-state index is 13.0. The highest BCUT2D eigenvalue weighted by Gasteiger charge is 2.22. The molecule has 1 aliphatic rings. The number of amides is 1. The lowest BCUT2D eigenvalue weighted by Crippen LogP contribution is -2.49. The van der Waals surface area contributed by atoms with E-state index in [1.807, 2.05) is 24.3 Å². The first-order chi connectivity index (χ1) is 15.6. The molecule has 0 spiro atoms. The van der Waals surface area contributed by atoms with Crippen molar-refractivity contribution in [3.05, 3.63) is 70.5 Å². The summed E-state index contributed by atoms with van der Waals surface area (Å²) in [6, 6.07) is 13.0. The van der Waals surface area contributed by atoms with Crippen LogP contribution >= 0.6 is 0 Å². The number of benzene rings is 2. The lowest BCUT2D eigenvalue weighted by Gasteiger charge is -2.34. The van der Waals surface area contributed by atoms with E-state index in [1.165, 1.54) is 24.3 Å². The number of carbonyl (C=O) groups excluding carboxylic acids is 1. The van der Waals surface area contributed by atoms with E-state index in [4.69, 9.17) is 9.15 Å². The van der Waals surface area contributed by atoms with Crippen LogP contribution in [0.5, 0.6) is 5.75 Å². The van der Waals surface area contributed by atoms with Crippen LogP contribution in [0.2, 0.25) is 0 Å². The number of hydrogen-bond donors (Lipinski definition) is 1. The highest BCUT2D eigenvalue weighted by atomic mass is 19.1. The minimum atomic E-state index is -0.351. The molecule has 0 radical (unpaired) electrons. The number of para-hydroxylation sites is 1. The summed E-state index contributed by atoms with van der Waals surface area (Å²) in [5.74, 6) is 0.548. The maximum absolute atomic E-state index is 13.0. The number of nitrogens with one attached hydrogen (secondary N) is 1. The fraction of sp³-hybridized carbons (Fsp3) is 0.261. The molecule has 5 rings (SSSR count). The van der Waals surface area contributed by atoms with E-state index in [0.29, 0.717) is 55.4 Å². The highest BCUT2D eigenvalue weighted by Crippen LogP contribution is 2.24. The predicted octanol–water partition coefficient (Wildman–Crippen LogP) is 2.53. The molecule has 9 heteroatoms. The van der Waals surface area contributed by atoms with E-state index in [9.17, 15) is 14.0 Å². The van der Waals surface area contributed by atoms with Crippen LogP contribution in [0, 0.1) is 5.82 Å². The van der Waals surface area contributed by atoms with Gasteiger partial charge in [-0.2, -0.15) is 0 Å². The molecule has 1 aliphatic heterocycles. The fourth-order valence-electron chi connectivity index (χ4n) is 3.86. The van der Waals surface area contributed by atoms with Gasteiger partial charge in [0.1, 0.15) is 28.5 Å². The molecule has 0 bridgehead atoms. The Morgan fingerprint density at radius 1 is 1.09 bits per heavy atom. The second kappa shape index (κ2) is 8.43. The number of aromatic nitrogens is 2. The van der Waals surface area contributed by atoms with Crippen LogP contribution in [0.15, 0.2) is 57.7 Å². The molecule has 0 atom stereocenters. The normalized spacial score (nSPS) is 14.8. The van der Waals surface area contributed by atoms with E-state index in [2.05, 4.69) is 14.9 Å². The van der Waals surface area contributed by atoms with Gasteiger partial charge in [-0.15, -0.1) is 0 Å². The zero-order chi connectivity index (χ0) is 22.1. The van der Waals surface area contributed by atoms with Crippen molar-refractivity contribution < 1.29 is 18.3 Å². The quantitative estimate of drug-likeness (QED) is 0.517. The number of furan rings is 1. The molecule has 4 aromatic rings. The van der Waals surface area contributed by atoms with E-state index in [0.717, 1.165) is 5.39 Å². The molecule has 1 fully saturated rings. The van der Waals surface area contributed by atoms with Crippen LogP contribution in [0.4, 0.5) is 4.39 Å². The SMILES string of the molecule is O=C(COc1ccc(F)cc1)N1CCN(Cc2nc3c(oc4ccccc43)c(=O)[nH]2)CC1. The molecule has 1 amide bonds. The van der Waals surface area contributed by atoms with Gasteiger partial charge in [-0.1, -0.05) is 12.1 Å². The number of fused-ring (bicyclic) bond motifs is 3. The molecule has 3 heterocycles. The molecule has 0 saturated carbocycles. The predicted molar refractivity (Wildman–Crippen MR) is 116 cm³/mol. The third-order valence-corrected chi connectivity index (χ3v) is 5.55. The number of ether oxygens (including phenoxy) is 1. The van der Waals surface area contributed by atoms with E-state index >= 15 is 0 Å². The summed E-state index contributed by atoms with van der Waals surface area (Å²) in [4.78, 5) is 36.2. The number of hydrogen-bond acceptors (Lipinski definition) is 6. The van der Waals surface area contributed by atoms with Gasteiger partial charge in [-0.05, 0) is 36.4 Å². The Morgan fingerprint density at radius 2 is 1.84 bits per heavy atom. The van der Waals surface area contributed by atoms with Crippen molar-refractivity contribution in [3.63, 3.8) is 0 Å². The monoisotopic (exact) mass is 436 g/mol. The summed E-state index contributed by atoms with van der Waals surface area (Å²) < 4.78 is 24.0. The molecular formula is C23H21FN4O4. The summed E-state index contributed by atoms with van der Waals surface area (Å²) in [7, 11) is 0. The van der Waals surface area contributed by atoms with Crippen molar-refractivity contribution in [1.29, 1.82) is 0 Å². The number of aromatic amines is 1. The summed E-state index contributed by atoms with van der Waals surface area (Å²) in [6.07, 6.45) is 0. The molecule has 164 valence electrons. The average Bonchev–Trinajstić information content (AvgIpc) is 3.18. The van der Waals surface area contributed by atoms with Crippen molar-refractivity contribution >= 4 is 28.0 Å². The minimum Gasteiger partial charge on any atom is -0.484 e. The number of nitrogens with zero attached hydrogens (tertiary/aromatic N) is 3. The van der Waals surface area contributed by atoms with Crippen LogP contribution in [-0.4, -0.2) is 58.5 Å². The van der Waals surface area contributed by atoms with Crippen LogP contribution in [0.25, 0.3) is 22.1 Å². The average molecular weight is 436 g/mol. The first-order valence-electron chi connectivity index (χ1n) is 10.4. The molecule has 1 N–H and O–H groups in total. The van der Waals surface area contributed by atoms with Crippen molar-refractivity contribution in [2.75, 3.05) is 32.8 Å². The number of H-pyrrole nitrogens is 1. The van der Waals surface area contributed by atoms with Gasteiger partial charge in [0.25, 0.3) is 11.5 Å². The van der Waals surface area contributed by atoms with Gasteiger partial charge in [-0.3, -0.25) is 14.5 Å². The van der Waals surface area contributed by atoms with Gasteiger partial charge < -0.3 is 19.0 Å². The summed E-state index contributed by atoms with van der Waals surface area (Å²) in [5.41, 5.74) is 1.12. The molecule has 1 saturated heterocycles. The Bertz CT molecular complexity index is 1320. The molecule has 2 aromatic carbocycles. The Kier molecular flexibility index (Phi) is 5.32. The second-order valence-corrected chi connectivity index (χ2v) is 7.69. The Labute approximate surface area is 182 Å². The van der Waals surface area contributed by atoms with E-state index in [-0.39, 0.29) is 29.5 Å². The number of halogens is 1. The lowest BCUT2D eigenvalue weighted by atomic mass is 10.2.